The Bertz CT molecular complexity index is 295. The Balaban J connectivity index is 2.99. The highest BCUT2D eigenvalue weighted by molar-refractivity contribution is 5.67. The second-order valence-corrected chi connectivity index (χ2v) is 3.38. The van der Waals surface area contributed by atoms with Gasteiger partial charge in [0.05, 0.1) is 0 Å². The zero-order valence-corrected chi connectivity index (χ0v) is 8.80. The Morgan fingerprint density at radius 1 is 1.31 bits per heavy atom. The van der Waals surface area contributed by atoms with Crippen molar-refractivity contribution in [2.75, 3.05) is 0 Å². The molecule has 0 nitrogen and oxygen atoms in total. The number of allylic oxidation sites excluding steroid dienone is 2. The molecule has 0 aliphatic carbocycles. The van der Waals surface area contributed by atoms with Crippen molar-refractivity contribution in [3.05, 3.63) is 41.5 Å². The van der Waals surface area contributed by atoms with Crippen LogP contribution in [-0.4, -0.2) is 0 Å². The minimum absolute atomic E-state index is 1.18. The summed E-state index contributed by atoms with van der Waals surface area (Å²) in [5, 5.41) is 0. The molecular formula is C13H18. The van der Waals surface area contributed by atoms with Crippen LogP contribution in [0.5, 0.6) is 0 Å². The van der Waals surface area contributed by atoms with Gasteiger partial charge in [-0.25, -0.2) is 0 Å². The lowest BCUT2D eigenvalue weighted by molar-refractivity contribution is 0.970. The predicted molar refractivity (Wildman–Crippen MR) is 59.7 cm³/mol. The first-order valence-corrected chi connectivity index (χ1v) is 5.00. The van der Waals surface area contributed by atoms with Gasteiger partial charge in [-0.2, -0.15) is 0 Å². The summed E-state index contributed by atoms with van der Waals surface area (Å²) in [6.07, 6.45) is 4.63. The zero-order valence-electron chi connectivity index (χ0n) is 8.80. The average Bonchev–Trinajstić information content (AvgIpc) is 2.16. The van der Waals surface area contributed by atoms with Gasteiger partial charge < -0.3 is 0 Å². The number of rotatable bonds is 3. The number of aryl methyl sites for hydroxylation is 1. The van der Waals surface area contributed by atoms with Crippen LogP contribution in [-0.2, 0) is 0 Å². The van der Waals surface area contributed by atoms with E-state index in [1.165, 1.54) is 29.5 Å². The molecule has 0 radical (unpaired) electrons. The second-order valence-electron chi connectivity index (χ2n) is 3.38. The van der Waals surface area contributed by atoms with Crippen molar-refractivity contribution >= 4 is 5.57 Å². The second kappa shape index (κ2) is 4.86. The molecule has 0 amide bonds. The summed E-state index contributed by atoms with van der Waals surface area (Å²) in [5.41, 5.74) is 4.26. The van der Waals surface area contributed by atoms with E-state index >= 15 is 0 Å². The van der Waals surface area contributed by atoms with E-state index in [1.54, 1.807) is 0 Å². The highest BCUT2D eigenvalue weighted by atomic mass is 14.1. The van der Waals surface area contributed by atoms with Crippen LogP contribution >= 0.6 is 0 Å². The van der Waals surface area contributed by atoms with E-state index in [1.807, 2.05) is 0 Å². The van der Waals surface area contributed by atoms with Crippen LogP contribution in [0.4, 0.5) is 0 Å². The molecule has 0 saturated carbocycles. The van der Waals surface area contributed by atoms with E-state index in [2.05, 4.69) is 51.1 Å². The first-order chi connectivity index (χ1) is 6.29. The number of benzene rings is 1. The number of hydrogen-bond donors (Lipinski definition) is 0. The smallest absolute Gasteiger partial charge is 0.0199 e. The molecule has 0 heterocycles. The Morgan fingerprint density at radius 2 is 2.00 bits per heavy atom. The van der Waals surface area contributed by atoms with Gasteiger partial charge in [0.15, 0.2) is 0 Å². The molecule has 0 spiro atoms. The molecule has 0 saturated heterocycles. The third-order valence-electron chi connectivity index (χ3n) is 2.36. The summed E-state index contributed by atoms with van der Waals surface area (Å²) in [6, 6.07) is 8.59. The zero-order chi connectivity index (χ0) is 9.68. The maximum Gasteiger partial charge on any atom is -0.0199 e. The molecular weight excluding hydrogens is 156 g/mol. The lowest BCUT2D eigenvalue weighted by Gasteiger charge is -2.08. The SMILES string of the molecule is C/C=C(/CCC)c1ccccc1C. The van der Waals surface area contributed by atoms with Crippen LogP contribution in [0.3, 0.4) is 0 Å². The summed E-state index contributed by atoms with van der Waals surface area (Å²) in [5.74, 6) is 0. The third kappa shape index (κ3) is 2.45. The molecule has 0 bridgehead atoms. The highest BCUT2D eigenvalue weighted by Gasteiger charge is 2.01. The Labute approximate surface area is 81.3 Å². The van der Waals surface area contributed by atoms with Gasteiger partial charge in [0.25, 0.3) is 0 Å². The van der Waals surface area contributed by atoms with Crippen molar-refractivity contribution < 1.29 is 0 Å². The van der Waals surface area contributed by atoms with Crippen molar-refractivity contribution in [1.29, 1.82) is 0 Å². The van der Waals surface area contributed by atoms with E-state index < -0.39 is 0 Å². The first-order valence-electron chi connectivity index (χ1n) is 5.00. The van der Waals surface area contributed by atoms with Crippen molar-refractivity contribution in [2.45, 2.75) is 33.6 Å². The molecule has 13 heavy (non-hydrogen) atoms. The fourth-order valence-corrected chi connectivity index (χ4v) is 1.64. The molecule has 1 aromatic carbocycles. The maximum atomic E-state index is 2.23. The molecule has 1 aromatic rings. The molecule has 1 rings (SSSR count). The summed E-state index contributed by atoms with van der Waals surface area (Å²) in [7, 11) is 0. The monoisotopic (exact) mass is 174 g/mol. The Kier molecular flexibility index (Phi) is 3.75. The molecule has 0 aromatic heterocycles. The minimum atomic E-state index is 1.18. The highest BCUT2D eigenvalue weighted by Crippen LogP contribution is 2.22. The quantitative estimate of drug-likeness (QED) is 0.644. The summed E-state index contributed by atoms with van der Waals surface area (Å²) < 4.78 is 0. The fraction of sp³-hybridized carbons (Fsp3) is 0.385. The van der Waals surface area contributed by atoms with Gasteiger partial charge in [-0.05, 0) is 37.0 Å². The molecule has 0 heteroatoms. The molecule has 0 aliphatic rings. The fourth-order valence-electron chi connectivity index (χ4n) is 1.64. The Morgan fingerprint density at radius 3 is 2.54 bits per heavy atom. The topological polar surface area (TPSA) is 0 Å². The van der Waals surface area contributed by atoms with Crippen LogP contribution in [0.15, 0.2) is 30.3 Å². The molecule has 0 fully saturated rings. The lowest BCUT2D eigenvalue weighted by atomic mass is 9.97. The van der Waals surface area contributed by atoms with Crippen molar-refractivity contribution in [3.8, 4) is 0 Å². The van der Waals surface area contributed by atoms with Crippen LogP contribution in [0, 0.1) is 6.92 Å². The van der Waals surface area contributed by atoms with Gasteiger partial charge in [0.2, 0.25) is 0 Å². The first kappa shape index (κ1) is 10.0. The molecule has 0 aliphatic heterocycles. The standard InChI is InChI=1S/C13H18/c1-4-8-12(5-2)13-10-7-6-9-11(13)3/h5-7,9-10H,4,8H2,1-3H3/b12-5-. The van der Waals surface area contributed by atoms with Crippen molar-refractivity contribution in [1.82, 2.24) is 0 Å². The van der Waals surface area contributed by atoms with Gasteiger partial charge in [0, 0.05) is 0 Å². The summed E-state index contributed by atoms with van der Waals surface area (Å²) in [6.45, 7) is 6.52. The number of hydrogen-bond acceptors (Lipinski definition) is 0. The average molecular weight is 174 g/mol. The normalized spacial score (nSPS) is 11.8. The van der Waals surface area contributed by atoms with Gasteiger partial charge in [-0.1, -0.05) is 43.7 Å². The van der Waals surface area contributed by atoms with Crippen molar-refractivity contribution in [2.24, 2.45) is 0 Å². The van der Waals surface area contributed by atoms with Gasteiger partial charge in [0.1, 0.15) is 0 Å². The minimum Gasteiger partial charge on any atom is -0.0838 e. The van der Waals surface area contributed by atoms with Gasteiger partial charge in [-0.3, -0.25) is 0 Å². The maximum absolute atomic E-state index is 2.23. The molecule has 70 valence electrons. The molecule has 0 N–H and O–H groups in total. The van der Waals surface area contributed by atoms with Crippen LogP contribution in [0.1, 0.15) is 37.8 Å². The molecule has 0 atom stereocenters. The van der Waals surface area contributed by atoms with Crippen LogP contribution in [0.25, 0.3) is 5.57 Å². The van der Waals surface area contributed by atoms with Crippen LogP contribution < -0.4 is 0 Å². The Hall–Kier alpha value is -1.04. The lowest BCUT2D eigenvalue weighted by Crippen LogP contribution is -1.87. The van der Waals surface area contributed by atoms with Gasteiger partial charge >= 0.3 is 0 Å². The van der Waals surface area contributed by atoms with Crippen LogP contribution in [0.2, 0.25) is 0 Å². The predicted octanol–water partition coefficient (Wildman–Crippen LogP) is 4.20. The van der Waals surface area contributed by atoms with E-state index in [-0.39, 0.29) is 0 Å². The van der Waals surface area contributed by atoms with Crippen molar-refractivity contribution in [3.63, 3.8) is 0 Å². The van der Waals surface area contributed by atoms with E-state index in [0.717, 1.165) is 0 Å². The largest absolute Gasteiger partial charge is 0.0838 e. The third-order valence-corrected chi connectivity index (χ3v) is 2.36. The summed E-state index contributed by atoms with van der Waals surface area (Å²) >= 11 is 0. The van der Waals surface area contributed by atoms with E-state index in [0.29, 0.717) is 0 Å². The van der Waals surface area contributed by atoms with Gasteiger partial charge in [-0.15, -0.1) is 0 Å². The molecule has 0 unspecified atom stereocenters. The van der Waals surface area contributed by atoms with E-state index in [4.69, 9.17) is 0 Å². The summed E-state index contributed by atoms with van der Waals surface area (Å²) in [4.78, 5) is 0. The van der Waals surface area contributed by atoms with E-state index in [9.17, 15) is 0 Å².